The summed E-state index contributed by atoms with van der Waals surface area (Å²) in [5.74, 6) is 1.35. The highest BCUT2D eigenvalue weighted by molar-refractivity contribution is 7.84. The number of hydrogen-bond donors (Lipinski definition) is 1. The average molecular weight is 203 g/mol. The Bertz CT molecular complexity index is 286. The molecule has 1 atom stereocenters. The first-order valence-corrected chi connectivity index (χ1v) is 5.69. The molecule has 74 valence electrons. The maximum absolute atomic E-state index is 10.7. The summed E-state index contributed by atoms with van der Waals surface area (Å²) in [6.45, 7) is 0.744. The van der Waals surface area contributed by atoms with Gasteiger partial charge < -0.3 is 5.32 Å². The van der Waals surface area contributed by atoms with E-state index in [0.29, 0.717) is 11.7 Å². The van der Waals surface area contributed by atoms with E-state index in [1.165, 1.54) is 0 Å². The second kappa shape index (κ2) is 4.90. The van der Waals surface area contributed by atoms with Gasteiger partial charge in [-0.2, -0.15) is 0 Å². The van der Waals surface area contributed by atoms with Gasteiger partial charge >= 0.3 is 0 Å². The monoisotopic (exact) mass is 203 g/mol. The molecule has 0 aliphatic rings. The molecule has 1 aromatic heterocycles. The van der Waals surface area contributed by atoms with Crippen LogP contribution in [0.1, 0.15) is 6.42 Å². The van der Waals surface area contributed by atoms with E-state index in [1.54, 1.807) is 18.0 Å². The molecule has 0 fully saturated rings. The van der Waals surface area contributed by atoms with Crippen molar-refractivity contribution in [2.45, 2.75) is 6.42 Å². The average Bonchev–Trinajstić information content (AvgIpc) is 2.45. The minimum absolute atomic E-state index is 0.641. The molecular formula is C6H13N5OS. The van der Waals surface area contributed by atoms with E-state index in [1.807, 2.05) is 0 Å². The van der Waals surface area contributed by atoms with Crippen molar-refractivity contribution in [1.29, 1.82) is 0 Å². The van der Waals surface area contributed by atoms with E-state index < -0.39 is 10.8 Å². The van der Waals surface area contributed by atoms with Crippen molar-refractivity contribution in [3.63, 3.8) is 0 Å². The summed E-state index contributed by atoms with van der Waals surface area (Å²) in [6, 6.07) is 0. The standard InChI is InChI=1S/C6H13N5OS/c1-11-6(8-9-10-11)7-4-3-5-13(2)12/h3-5H2,1-2H3,(H,7,8,10). The van der Waals surface area contributed by atoms with Gasteiger partial charge in [0.2, 0.25) is 5.95 Å². The quantitative estimate of drug-likeness (QED) is 0.646. The molecule has 1 aromatic rings. The lowest BCUT2D eigenvalue weighted by atomic mass is 10.5. The first kappa shape index (κ1) is 10.1. The summed E-state index contributed by atoms with van der Waals surface area (Å²) >= 11 is 0. The normalized spacial score (nSPS) is 12.8. The predicted octanol–water partition coefficient (Wildman–Crippen LogP) is -0.609. The van der Waals surface area contributed by atoms with Crippen molar-refractivity contribution in [2.75, 3.05) is 23.9 Å². The van der Waals surface area contributed by atoms with Crippen molar-refractivity contribution in [2.24, 2.45) is 7.05 Å². The summed E-state index contributed by atoms with van der Waals surface area (Å²) < 4.78 is 12.3. The second-order valence-electron chi connectivity index (χ2n) is 2.68. The third kappa shape index (κ3) is 3.49. The van der Waals surface area contributed by atoms with Gasteiger partial charge in [-0.25, -0.2) is 4.68 Å². The van der Waals surface area contributed by atoms with Gasteiger partial charge in [-0.15, -0.1) is 0 Å². The highest BCUT2D eigenvalue weighted by Crippen LogP contribution is 1.95. The third-order valence-electron chi connectivity index (χ3n) is 1.51. The summed E-state index contributed by atoms with van der Waals surface area (Å²) in [5.41, 5.74) is 0. The lowest BCUT2D eigenvalue weighted by Crippen LogP contribution is -2.09. The SMILES string of the molecule is Cn1nnnc1NCCCS(C)=O. The van der Waals surface area contributed by atoms with Crippen LogP contribution in [-0.2, 0) is 17.8 Å². The van der Waals surface area contributed by atoms with Crippen LogP contribution in [0.15, 0.2) is 0 Å². The molecule has 1 N–H and O–H groups in total. The Kier molecular flexibility index (Phi) is 3.81. The predicted molar refractivity (Wildman–Crippen MR) is 50.8 cm³/mol. The van der Waals surface area contributed by atoms with Gasteiger partial charge in [0, 0.05) is 36.4 Å². The summed E-state index contributed by atoms with van der Waals surface area (Å²) in [5, 5.41) is 13.9. The van der Waals surface area contributed by atoms with E-state index in [0.717, 1.165) is 13.0 Å². The van der Waals surface area contributed by atoms with Crippen LogP contribution in [0.25, 0.3) is 0 Å². The van der Waals surface area contributed by atoms with Gasteiger partial charge in [-0.1, -0.05) is 5.10 Å². The number of anilines is 1. The number of nitrogens with zero attached hydrogens (tertiary/aromatic N) is 4. The van der Waals surface area contributed by atoms with Crippen LogP contribution in [0.4, 0.5) is 5.95 Å². The Balaban J connectivity index is 2.20. The Morgan fingerprint density at radius 2 is 2.38 bits per heavy atom. The summed E-state index contributed by atoms with van der Waals surface area (Å²) in [6.07, 6.45) is 2.56. The van der Waals surface area contributed by atoms with E-state index >= 15 is 0 Å². The minimum atomic E-state index is -0.718. The molecule has 0 aromatic carbocycles. The van der Waals surface area contributed by atoms with E-state index in [2.05, 4.69) is 20.8 Å². The molecule has 7 heteroatoms. The van der Waals surface area contributed by atoms with Crippen molar-refractivity contribution >= 4 is 16.7 Å². The molecule has 1 heterocycles. The molecule has 6 nitrogen and oxygen atoms in total. The molecule has 13 heavy (non-hydrogen) atoms. The fraction of sp³-hybridized carbons (Fsp3) is 0.833. The lowest BCUT2D eigenvalue weighted by Gasteiger charge is -2.01. The highest BCUT2D eigenvalue weighted by atomic mass is 32.2. The number of rotatable bonds is 5. The van der Waals surface area contributed by atoms with Crippen LogP contribution in [0.3, 0.4) is 0 Å². The zero-order valence-electron chi connectivity index (χ0n) is 7.73. The Morgan fingerprint density at radius 1 is 1.62 bits per heavy atom. The Labute approximate surface area is 79.2 Å². The maximum atomic E-state index is 10.7. The molecule has 0 saturated carbocycles. The largest absolute Gasteiger partial charge is 0.353 e. The van der Waals surface area contributed by atoms with E-state index in [-0.39, 0.29) is 0 Å². The van der Waals surface area contributed by atoms with Crippen molar-refractivity contribution in [3.05, 3.63) is 0 Å². The molecule has 0 amide bonds. The van der Waals surface area contributed by atoms with Crippen LogP contribution in [0, 0.1) is 0 Å². The van der Waals surface area contributed by atoms with Gasteiger partial charge in [0.15, 0.2) is 0 Å². The van der Waals surface area contributed by atoms with Gasteiger partial charge in [0.05, 0.1) is 0 Å². The van der Waals surface area contributed by atoms with Crippen molar-refractivity contribution < 1.29 is 4.21 Å². The van der Waals surface area contributed by atoms with Crippen LogP contribution < -0.4 is 5.32 Å². The van der Waals surface area contributed by atoms with Crippen LogP contribution >= 0.6 is 0 Å². The molecule has 0 aliphatic heterocycles. The van der Waals surface area contributed by atoms with Crippen LogP contribution in [0.5, 0.6) is 0 Å². The molecule has 1 unspecified atom stereocenters. The summed E-state index contributed by atoms with van der Waals surface area (Å²) in [7, 11) is 1.05. The minimum Gasteiger partial charge on any atom is -0.353 e. The second-order valence-corrected chi connectivity index (χ2v) is 4.24. The molecule has 1 rings (SSSR count). The molecule has 0 aliphatic carbocycles. The Morgan fingerprint density at radius 3 is 2.92 bits per heavy atom. The zero-order chi connectivity index (χ0) is 9.68. The maximum Gasteiger partial charge on any atom is 0.242 e. The van der Waals surface area contributed by atoms with Crippen molar-refractivity contribution in [3.8, 4) is 0 Å². The van der Waals surface area contributed by atoms with E-state index in [9.17, 15) is 4.21 Å². The number of tetrazole rings is 1. The molecule has 0 spiro atoms. The first-order valence-electron chi connectivity index (χ1n) is 3.96. The number of aryl methyl sites for hydroxylation is 1. The van der Waals surface area contributed by atoms with Crippen molar-refractivity contribution in [1.82, 2.24) is 20.2 Å². The topological polar surface area (TPSA) is 72.7 Å². The fourth-order valence-electron chi connectivity index (χ4n) is 0.855. The van der Waals surface area contributed by atoms with E-state index in [4.69, 9.17) is 0 Å². The molecule has 0 bridgehead atoms. The molecule has 0 radical (unpaired) electrons. The first-order chi connectivity index (χ1) is 6.20. The highest BCUT2D eigenvalue weighted by Gasteiger charge is 1.99. The molecular weight excluding hydrogens is 190 g/mol. The lowest BCUT2D eigenvalue weighted by molar-refractivity contribution is 0.684. The number of hydrogen-bond acceptors (Lipinski definition) is 5. The van der Waals surface area contributed by atoms with Crippen LogP contribution in [-0.4, -0.2) is 43.0 Å². The summed E-state index contributed by atoms with van der Waals surface area (Å²) in [4.78, 5) is 0. The Hall–Kier alpha value is -0.980. The van der Waals surface area contributed by atoms with Gasteiger partial charge in [-0.05, 0) is 16.8 Å². The van der Waals surface area contributed by atoms with Crippen LogP contribution in [0.2, 0.25) is 0 Å². The van der Waals surface area contributed by atoms with Gasteiger partial charge in [0.25, 0.3) is 0 Å². The zero-order valence-corrected chi connectivity index (χ0v) is 8.54. The van der Waals surface area contributed by atoms with Gasteiger partial charge in [-0.3, -0.25) is 4.21 Å². The third-order valence-corrected chi connectivity index (χ3v) is 2.38. The van der Waals surface area contributed by atoms with Gasteiger partial charge in [0.1, 0.15) is 0 Å². The molecule has 0 saturated heterocycles. The fourth-order valence-corrected chi connectivity index (χ4v) is 1.41. The smallest absolute Gasteiger partial charge is 0.242 e. The number of nitrogens with one attached hydrogen (secondary N) is 1. The number of aromatic nitrogens is 4.